The van der Waals surface area contributed by atoms with Crippen molar-refractivity contribution in [3.63, 3.8) is 0 Å². The maximum absolute atomic E-state index is 11.3. The number of hydrogen-bond acceptors (Lipinski definition) is 3. The number of hydrogen-bond donors (Lipinski definition) is 1. The summed E-state index contributed by atoms with van der Waals surface area (Å²) in [5.74, 6) is 0.878. The Labute approximate surface area is 173 Å². The zero-order valence-electron chi connectivity index (χ0n) is 15.6. The van der Waals surface area contributed by atoms with Crippen LogP contribution in [0.25, 0.3) is 0 Å². The number of aromatic nitrogens is 1. The van der Waals surface area contributed by atoms with Gasteiger partial charge in [-0.25, -0.2) is 8.42 Å². The predicted octanol–water partition coefficient (Wildman–Crippen LogP) is 2.40. The van der Waals surface area contributed by atoms with Gasteiger partial charge in [0.2, 0.25) is 0 Å². The third-order valence-electron chi connectivity index (χ3n) is 3.93. The van der Waals surface area contributed by atoms with Crippen LogP contribution in [0, 0.1) is 0 Å². The van der Waals surface area contributed by atoms with Crippen LogP contribution in [0.5, 0.6) is 0 Å². The molecule has 0 unspecified atom stereocenters. The molecule has 0 aliphatic rings. The standard InChI is InChI=1S/C18H26N4O2S.HI/c1-19-18(22(3)13-17-6-5-11-21(17)2)20-12-15-7-9-16(10-8-15)14-25(4,23)24;/h5-11H,12-14H2,1-4H3,(H,19,20);1H. The lowest BCUT2D eigenvalue weighted by molar-refractivity contribution is 0.461. The largest absolute Gasteiger partial charge is 0.353 e. The molecule has 0 saturated heterocycles. The Morgan fingerprint density at radius 3 is 2.31 bits per heavy atom. The molecule has 1 aromatic heterocycles. The van der Waals surface area contributed by atoms with Crippen LogP contribution in [-0.2, 0) is 35.7 Å². The Morgan fingerprint density at radius 1 is 1.19 bits per heavy atom. The third-order valence-corrected chi connectivity index (χ3v) is 4.78. The maximum Gasteiger partial charge on any atom is 0.194 e. The van der Waals surface area contributed by atoms with E-state index in [1.54, 1.807) is 7.05 Å². The van der Waals surface area contributed by atoms with E-state index in [1.807, 2.05) is 50.6 Å². The molecule has 8 heteroatoms. The number of nitrogens with one attached hydrogen (secondary N) is 1. The maximum atomic E-state index is 11.3. The van der Waals surface area contributed by atoms with Crippen molar-refractivity contribution in [3.8, 4) is 0 Å². The monoisotopic (exact) mass is 490 g/mol. The highest BCUT2D eigenvalue weighted by atomic mass is 127. The Balaban J connectivity index is 0.00000338. The predicted molar refractivity (Wildman–Crippen MR) is 117 cm³/mol. The number of sulfone groups is 1. The van der Waals surface area contributed by atoms with E-state index in [0.717, 1.165) is 23.6 Å². The van der Waals surface area contributed by atoms with Crippen LogP contribution in [0.4, 0.5) is 0 Å². The number of aliphatic imine (C=N–C) groups is 1. The summed E-state index contributed by atoms with van der Waals surface area (Å²) in [5, 5.41) is 3.33. The van der Waals surface area contributed by atoms with Crippen LogP contribution in [0.1, 0.15) is 16.8 Å². The highest BCUT2D eigenvalue weighted by Crippen LogP contribution is 2.08. The number of guanidine groups is 1. The molecule has 0 bridgehead atoms. The Bertz CT molecular complexity index is 829. The first-order valence-electron chi connectivity index (χ1n) is 8.06. The van der Waals surface area contributed by atoms with Crippen LogP contribution >= 0.6 is 24.0 Å². The SMILES string of the molecule is CN=C(NCc1ccc(CS(C)(=O)=O)cc1)N(C)Cc1cccn1C.I. The smallest absolute Gasteiger partial charge is 0.194 e. The van der Waals surface area contributed by atoms with E-state index < -0.39 is 9.84 Å². The van der Waals surface area contributed by atoms with Gasteiger partial charge in [0.15, 0.2) is 15.8 Å². The van der Waals surface area contributed by atoms with Crippen molar-refractivity contribution < 1.29 is 8.42 Å². The van der Waals surface area contributed by atoms with E-state index >= 15 is 0 Å². The molecule has 0 aliphatic carbocycles. The number of benzene rings is 1. The van der Waals surface area contributed by atoms with E-state index in [2.05, 4.69) is 25.8 Å². The fourth-order valence-corrected chi connectivity index (χ4v) is 3.40. The summed E-state index contributed by atoms with van der Waals surface area (Å²) in [5.41, 5.74) is 3.08. The summed E-state index contributed by atoms with van der Waals surface area (Å²) >= 11 is 0. The lowest BCUT2D eigenvalue weighted by Crippen LogP contribution is -2.38. The first-order chi connectivity index (χ1) is 11.8. The van der Waals surface area contributed by atoms with Gasteiger partial charge in [-0.2, -0.15) is 0 Å². The number of rotatable bonds is 6. The molecular weight excluding hydrogens is 463 g/mol. The summed E-state index contributed by atoms with van der Waals surface area (Å²) < 4.78 is 24.8. The highest BCUT2D eigenvalue weighted by Gasteiger charge is 2.09. The first kappa shape index (κ1) is 22.5. The fourth-order valence-electron chi connectivity index (χ4n) is 2.60. The number of aryl methyl sites for hydroxylation is 1. The molecule has 0 atom stereocenters. The van der Waals surface area contributed by atoms with E-state index in [1.165, 1.54) is 11.9 Å². The third kappa shape index (κ3) is 6.99. The molecule has 1 heterocycles. The summed E-state index contributed by atoms with van der Waals surface area (Å²) in [7, 11) is 2.78. The van der Waals surface area contributed by atoms with Crippen molar-refractivity contribution in [1.82, 2.24) is 14.8 Å². The summed E-state index contributed by atoms with van der Waals surface area (Å²) in [4.78, 5) is 6.39. The first-order valence-corrected chi connectivity index (χ1v) is 10.1. The van der Waals surface area contributed by atoms with Gasteiger partial charge in [0.25, 0.3) is 0 Å². The zero-order valence-corrected chi connectivity index (χ0v) is 18.8. The minimum Gasteiger partial charge on any atom is -0.353 e. The van der Waals surface area contributed by atoms with Gasteiger partial charge in [0.1, 0.15) is 0 Å². The molecule has 0 radical (unpaired) electrons. The van der Waals surface area contributed by atoms with Crippen LogP contribution in [-0.4, -0.2) is 44.2 Å². The average Bonchev–Trinajstić information content (AvgIpc) is 2.93. The molecule has 0 spiro atoms. The number of nitrogens with zero attached hydrogens (tertiary/aromatic N) is 3. The van der Waals surface area contributed by atoms with E-state index in [4.69, 9.17) is 0 Å². The average molecular weight is 490 g/mol. The van der Waals surface area contributed by atoms with Crippen LogP contribution in [0.3, 0.4) is 0 Å². The molecule has 0 amide bonds. The minimum absolute atomic E-state index is 0. The lowest BCUT2D eigenvalue weighted by Gasteiger charge is -2.22. The summed E-state index contributed by atoms with van der Waals surface area (Å²) in [6, 6.07) is 11.7. The molecule has 1 aromatic carbocycles. The van der Waals surface area contributed by atoms with Gasteiger partial charge in [-0.3, -0.25) is 4.99 Å². The van der Waals surface area contributed by atoms with Gasteiger partial charge in [-0.05, 0) is 23.3 Å². The molecule has 0 saturated carbocycles. The van der Waals surface area contributed by atoms with Crippen molar-refractivity contribution in [2.75, 3.05) is 20.4 Å². The second-order valence-corrected chi connectivity index (χ2v) is 8.39. The topological polar surface area (TPSA) is 66.7 Å². The molecule has 6 nitrogen and oxygen atoms in total. The minimum atomic E-state index is -3.00. The Morgan fingerprint density at radius 2 is 1.81 bits per heavy atom. The van der Waals surface area contributed by atoms with Crippen molar-refractivity contribution in [1.29, 1.82) is 0 Å². The molecule has 0 fully saturated rings. The number of halogens is 1. The fraction of sp³-hybridized carbons (Fsp3) is 0.389. The van der Waals surface area contributed by atoms with Crippen molar-refractivity contribution in [2.24, 2.45) is 12.0 Å². The molecule has 2 rings (SSSR count). The summed E-state index contributed by atoms with van der Waals surface area (Å²) in [6.45, 7) is 1.39. The van der Waals surface area contributed by atoms with Gasteiger partial charge in [-0.15, -0.1) is 24.0 Å². The zero-order chi connectivity index (χ0) is 18.4. The van der Waals surface area contributed by atoms with Gasteiger partial charge in [-0.1, -0.05) is 24.3 Å². The molecule has 1 N–H and O–H groups in total. The molecule has 2 aromatic rings. The van der Waals surface area contributed by atoms with Crippen molar-refractivity contribution in [2.45, 2.75) is 18.8 Å². The molecular formula is C18H27IN4O2S. The van der Waals surface area contributed by atoms with Gasteiger partial charge >= 0.3 is 0 Å². The van der Waals surface area contributed by atoms with Crippen LogP contribution in [0.15, 0.2) is 47.6 Å². The summed E-state index contributed by atoms with van der Waals surface area (Å²) in [6.07, 6.45) is 3.27. The van der Waals surface area contributed by atoms with Gasteiger partial charge < -0.3 is 14.8 Å². The molecule has 0 aliphatic heterocycles. The van der Waals surface area contributed by atoms with E-state index in [-0.39, 0.29) is 29.7 Å². The van der Waals surface area contributed by atoms with E-state index in [0.29, 0.717) is 6.54 Å². The van der Waals surface area contributed by atoms with Crippen LogP contribution in [0.2, 0.25) is 0 Å². The highest BCUT2D eigenvalue weighted by molar-refractivity contribution is 14.0. The lowest BCUT2D eigenvalue weighted by atomic mass is 10.1. The van der Waals surface area contributed by atoms with Crippen molar-refractivity contribution in [3.05, 3.63) is 59.4 Å². The van der Waals surface area contributed by atoms with Crippen molar-refractivity contribution >= 4 is 39.8 Å². The van der Waals surface area contributed by atoms with Crippen LogP contribution < -0.4 is 5.32 Å². The second kappa shape index (κ2) is 9.96. The Kier molecular flexibility index (Phi) is 8.61. The Hall–Kier alpha value is -1.55. The van der Waals surface area contributed by atoms with E-state index in [9.17, 15) is 8.42 Å². The molecule has 26 heavy (non-hydrogen) atoms. The normalized spacial score (nSPS) is 11.8. The second-order valence-electron chi connectivity index (χ2n) is 6.25. The molecule has 144 valence electrons. The van der Waals surface area contributed by atoms with Gasteiger partial charge in [0, 0.05) is 45.8 Å². The quantitative estimate of drug-likeness (QED) is 0.384. The van der Waals surface area contributed by atoms with Gasteiger partial charge in [0.05, 0.1) is 12.3 Å².